The Balaban J connectivity index is 1.24. The Hall–Kier alpha value is -4.44. The summed E-state index contributed by atoms with van der Waals surface area (Å²) in [5, 5.41) is 10.3. The first-order chi connectivity index (χ1) is 18.6. The number of aromatic amines is 2. The van der Waals surface area contributed by atoms with E-state index in [0.29, 0.717) is 28.4 Å². The lowest BCUT2D eigenvalue weighted by Crippen LogP contribution is -2.20. The van der Waals surface area contributed by atoms with Crippen molar-refractivity contribution in [3.8, 4) is 33.2 Å². The summed E-state index contributed by atoms with van der Waals surface area (Å²) >= 11 is 1.09. The van der Waals surface area contributed by atoms with Crippen molar-refractivity contribution in [1.82, 2.24) is 30.1 Å². The summed E-state index contributed by atoms with van der Waals surface area (Å²) in [6.45, 7) is 0. The number of nitrogens with zero attached hydrogens (tertiary/aromatic N) is 4. The van der Waals surface area contributed by atoms with E-state index >= 15 is 0 Å². The predicted octanol–water partition coefficient (Wildman–Crippen LogP) is 6.56. The Bertz CT molecular complexity index is 1810. The van der Waals surface area contributed by atoms with Gasteiger partial charge in [0, 0.05) is 28.1 Å². The number of benzene rings is 1. The van der Waals surface area contributed by atoms with Gasteiger partial charge in [0.15, 0.2) is 16.6 Å². The van der Waals surface area contributed by atoms with Gasteiger partial charge in [-0.05, 0) is 49.2 Å². The smallest absolute Gasteiger partial charge is 0.227 e. The van der Waals surface area contributed by atoms with Crippen LogP contribution in [0.4, 0.5) is 10.1 Å². The van der Waals surface area contributed by atoms with Gasteiger partial charge in [0.2, 0.25) is 5.91 Å². The number of imidazole rings is 1. The third-order valence-corrected chi connectivity index (χ3v) is 7.92. The van der Waals surface area contributed by atoms with Crippen LogP contribution in [-0.2, 0) is 4.79 Å². The van der Waals surface area contributed by atoms with Crippen LogP contribution in [0.1, 0.15) is 25.7 Å². The van der Waals surface area contributed by atoms with E-state index < -0.39 is 0 Å². The lowest BCUT2D eigenvalue weighted by molar-refractivity contribution is -0.119. The van der Waals surface area contributed by atoms with Gasteiger partial charge in [-0.15, -0.1) is 11.3 Å². The number of amides is 1. The zero-order valence-electron chi connectivity index (χ0n) is 20.2. The number of thiophene rings is 1. The first kappa shape index (κ1) is 22.7. The molecule has 3 N–H and O–H groups in total. The van der Waals surface area contributed by atoms with E-state index in [0.717, 1.165) is 69.6 Å². The molecule has 0 aliphatic heterocycles. The van der Waals surface area contributed by atoms with Gasteiger partial charge in [-0.3, -0.25) is 14.9 Å². The van der Waals surface area contributed by atoms with Crippen molar-refractivity contribution in [2.24, 2.45) is 5.92 Å². The lowest BCUT2D eigenvalue weighted by atomic mass is 10.1. The van der Waals surface area contributed by atoms with Crippen LogP contribution in [0, 0.1) is 11.0 Å². The second kappa shape index (κ2) is 9.14. The number of aromatic nitrogens is 6. The molecule has 1 aliphatic rings. The maximum atomic E-state index is 13.7. The zero-order valence-corrected chi connectivity index (χ0v) is 21.0. The fourth-order valence-electron chi connectivity index (χ4n) is 5.11. The molecule has 0 bridgehead atoms. The minimum absolute atomic E-state index is 0.0523. The fraction of sp³-hybridized carbons (Fsp3) is 0.179. The number of para-hydroxylation sites is 1. The Morgan fingerprint density at radius 2 is 1.89 bits per heavy atom. The summed E-state index contributed by atoms with van der Waals surface area (Å²) in [6, 6.07) is 14.7. The zero-order chi connectivity index (χ0) is 25.6. The molecule has 6 aromatic rings. The number of pyridine rings is 2. The third-order valence-electron chi connectivity index (χ3n) is 7.01. The van der Waals surface area contributed by atoms with Crippen LogP contribution in [0.15, 0.2) is 60.9 Å². The minimum atomic E-state index is -0.237. The number of halogens is 1. The van der Waals surface area contributed by atoms with Crippen molar-refractivity contribution < 1.29 is 9.18 Å². The van der Waals surface area contributed by atoms with Crippen LogP contribution >= 0.6 is 11.3 Å². The van der Waals surface area contributed by atoms with Crippen LogP contribution in [0.25, 0.3) is 55.3 Å². The summed E-state index contributed by atoms with van der Waals surface area (Å²) in [7, 11) is 0. The van der Waals surface area contributed by atoms with Crippen LogP contribution in [0.2, 0.25) is 0 Å². The number of carbonyl (C=O) groups is 1. The third kappa shape index (κ3) is 4.03. The molecule has 5 aromatic heterocycles. The van der Waals surface area contributed by atoms with Crippen molar-refractivity contribution in [3.05, 3.63) is 66.1 Å². The highest BCUT2D eigenvalue weighted by atomic mass is 32.1. The van der Waals surface area contributed by atoms with E-state index in [1.165, 1.54) is 6.07 Å². The van der Waals surface area contributed by atoms with E-state index in [-0.39, 0.29) is 17.0 Å². The molecule has 1 aliphatic carbocycles. The number of fused-ring (bicyclic) bond motifs is 2. The Morgan fingerprint density at radius 3 is 2.74 bits per heavy atom. The molecule has 1 amide bonds. The molecule has 0 unspecified atom stereocenters. The molecule has 10 heteroatoms. The van der Waals surface area contributed by atoms with Gasteiger partial charge >= 0.3 is 0 Å². The largest absolute Gasteiger partial charge is 0.336 e. The van der Waals surface area contributed by atoms with E-state index in [1.807, 2.05) is 36.4 Å². The minimum Gasteiger partial charge on any atom is -0.336 e. The summed E-state index contributed by atoms with van der Waals surface area (Å²) in [4.78, 5) is 30.8. The number of carbonyl (C=O) groups excluding carboxylic acids is 1. The first-order valence-electron chi connectivity index (χ1n) is 12.5. The highest BCUT2D eigenvalue weighted by molar-refractivity contribution is 7.14. The summed E-state index contributed by atoms with van der Waals surface area (Å²) < 4.78 is 13.7. The molecule has 0 radical (unpaired) electrons. The molecule has 0 saturated heterocycles. The number of anilines is 1. The number of rotatable bonds is 5. The highest BCUT2D eigenvalue weighted by Crippen LogP contribution is 2.35. The standard InChI is InChI=1S/C28H22FN7OS/c29-23-11-10-22(38-23)18-6-3-7-20-24(18)34-27(33-20)26-25-21(35-36-26)9-8-19(32-25)16-12-17(14-30-13-16)31-28(37)15-4-1-2-5-15/h3,6-15H,1-2,4-5H2,(H,31,37)(H,33,34)(H,35,36). The fourth-order valence-corrected chi connectivity index (χ4v) is 5.86. The number of hydrogen-bond donors (Lipinski definition) is 3. The SMILES string of the molecule is O=C(Nc1cncc(-c2ccc3[nH]nc(-c4nc5c(-c6ccc(F)s6)cccc5[nH]4)c3n2)c1)C1CCCC1. The molecule has 1 aromatic carbocycles. The van der Waals surface area contributed by atoms with Gasteiger partial charge in [-0.25, -0.2) is 9.97 Å². The van der Waals surface area contributed by atoms with E-state index in [4.69, 9.17) is 9.97 Å². The van der Waals surface area contributed by atoms with Crippen LogP contribution in [-0.4, -0.2) is 36.0 Å². The maximum Gasteiger partial charge on any atom is 0.227 e. The topological polar surface area (TPSA) is 112 Å². The molecule has 1 saturated carbocycles. The predicted molar refractivity (Wildman–Crippen MR) is 146 cm³/mol. The van der Waals surface area contributed by atoms with Crippen LogP contribution < -0.4 is 5.32 Å². The monoisotopic (exact) mass is 523 g/mol. The summed E-state index contributed by atoms with van der Waals surface area (Å²) in [6.07, 6.45) is 7.47. The Morgan fingerprint density at radius 1 is 1.00 bits per heavy atom. The molecule has 5 heterocycles. The Kier molecular flexibility index (Phi) is 5.47. The summed E-state index contributed by atoms with van der Waals surface area (Å²) in [5.41, 5.74) is 6.58. The molecule has 38 heavy (non-hydrogen) atoms. The summed E-state index contributed by atoms with van der Waals surface area (Å²) in [5.74, 6) is 0.692. The number of hydrogen-bond acceptors (Lipinski definition) is 6. The van der Waals surface area contributed by atoms with Gasteiger partial charge in [-0.1, -0.05) is 25.0 Å². The maximum absolute atomic E-state index is 13.7. The quantitative estimate of drug-likeness (QED) is 0.237. The van der Waals surface area contributed by atoms with E-state index in [1.54, 1.807) is 18.5 Å². The van der Waals surface area contributed by atoms with Crippen molar-refractivity contribution in [2.45, 2.75) is 25.7 Å². The van der Waals surface area contributed by atoms with E-state index in [2.05, 4.69) is 25.5 Å². The molecular weight excluding hydrogens is 501 g/mol. The van der Waals surface area contributed by atoms with Crippen LogP contribution in [0.3, 0.4) is 0 Å². The molecular formula is C28H22FN7OS. The average molecular weight is 524 g/mol. The van der Waals surface area contributed by atoms with Crippen molar-refractivity contribution in [3.63, 3.8) is 0 Å². The second-order valence-electron chi connectivity index (χ2n) is 9.49. The molecule has 8 nitrogen and oxygen atoms in total. The normalized spacial score (nSPS) is 14.0. The van der Waals surface area contributed by atoms with Gasteiger partial charge in [0.1, 0.15) is 5.52 Å². The van der Waals surface area contributed by atoms with Gasteiger partial charge in [0.25, 0.3) is 0 Å². The second-order valence-corrected chi connectivity index (χ2v) is 10.5. The average Bonchev–Trinajstić information content (AvgIpc) is 3.74. The van der Waals surface area contributed by atoms with Gasteiger partial charge in [0.05, 0.1) is 34.1 Å². The van der Waals surface area contributed by atoms with Crippen LogP contribution in [0.5, 0.6) is 0 Å². The van der Waals surface area contributed by atoms with Crippen molar-refractivity contribution in [1.29, 1.82) is 0 Å². The van der Waals surface area contributed by atoms with Gasteiger partial charge < -0.3 is 10.3 Å². The molecule has 0 atom stereocenters. The first-order valence-corrected chi connectivity index (χ1v) is 13.3. The molecule has 0 spiro atoms. The van der Waals surface area contributed by atoms with E-state index in [9.17, 15) is 9.18 Å². The molecule has 188 valence electrons. The number of nitrogens with one attached hydrogen (secondary N) is 3. The highest BCUT2D eigenvalue weighted by Gasteiger charge is 2.23. The molecule has 7 rings (SSSR count). The molecule has 1 fully saturated rings. The Labute approximate surface area is 220 Å². The van der Waals surface area contributed by atoms with Gasteiger partial charge in [-0.2, -0.15) is 9.49 Å². The van der Waals surface area contributed by atoms with Crippen molar-refractivity contribution in [2.75, 3.05) is 5.32 Å². The van der Waals surface area contributed by atoms with Crippen molar-refractivity contribution >= 4 is 45.0 Å². The number of H-pyrrole nitrogens is 2. The lowest BCUT2D eigenvalue weighted by Gasteiger charge is -2.11.